The van der Waals surface area contributed by atoms with Crippen molar-refractivity contribution in [1.29, 1.82) is 0 Å². The highest BCUT2D eigenvalue weighted by molar-refractivity contribution is 5.90. The second-order valence-electron chi connectivity index (χ2n) is 5.93. The molecule has 3 N–H and O–H groups in total. The number of hydrogen-bond donors (Lipinski definition) is 2. The van der Waals surface area contributed by atoms with Crippen LogP contribution in [-0.4, -0.2) is 33.5 Å². The van der Waals surface area contributed by atoms with Crippen LogP contribution in [0.5, 0.6) is 0 Å². The Bertz CT molecular complexity index is 554. The van der Waals surface area contributed by atoms with E-state index in [1.807, 2.05) is 31.2 Å². The highest BCUT2D eigenvalue weighted by Crippen LogP contribution is 2.26. The molecule has 1 heterocycles. The topological polar surface area (TPSA) is 83.6 Å². The van der Waals surface area contributed by atoms with Gasteiger partial charge in [-0.2, -0.15) is 0 Å². The first-order valence-corrected chi connectivity index (χ1v) is 7.26. The number of fused-ring (bicyclic) bond motifs is 1. The summed E-state index contributed by atoms with van der Waals surface area (Å²) in [4.78, 5) is 25.6. The molecule has 5 heteroatoms. The van der Waals surface area contributed by atoms with Crippen LogP contribution in [0.15, 0.2) is 24.3 Å². The minimum absolute atomic E-state index is 0.286. The van der Waals surface area contributed by atoms with E-state index in [1.165, 1.54) is 4.90 Å². The molecule has 114 valence electrons. The lowest BCUT2D eigenvalue weighted by Crippen LogP contribution is -2.59. The molecule has 0 saturated carbocycles. The third-order valence-corrected chi connectivity index (χ3v) is 4.05. The van der Waals surface area contributed by atoms with Gasteiger partial charge in [-0.05, 0) is 24.5 Å². The van der Waals surface area contributed by atoms with E-state index in [0.717, 1.165) is 17.5 Å². The lowest BCUT2D eigenvalue weighted by Gasteiger charge is -2.39. The van der Waals surface area contributed by atoms with Crippen molar-refractivity contribution in [2.24, 2.45) is 5.73 Å². The van der Waals surface area contributed by atoms with E-state index in [2.05, 4.69) is 0 Å². The van der Waals surface area contributed by atoms with Crippen LogP contribution in [0.4, 0.5) is 0 Å². The summed E-state index contributed by atoms with van der Waals surface area (Å²) in [5.74, 6) is -1.27. The van der Waals surface area contributed by atoms with Crippen LogP contribution in [0.3, 0.4) is 0 Å². The molecule has 1 aliphatic heterocycles. The Hall–Kier alpha value is -1.88. The summed E-state index contributed by atoms with van der Waals surface area (Å²) < 4.78 is 0. The highest BCUT2D eigenvalue weighted by atomic mass is 16.4. The van der Waals surface area contributed by atoms with Gasteiger partial charge in [0, 0.05) is 13.0 Å². The van der Waals surface area contributed by atoms with Crippen LogP contribution in [0, 0.1) is 0 Å². The van der Waals surface area contributed by atoms with Crippen molar-refractivity contribution in [1.82, 2.24) is 4.90 Å². The number of hydrogen-bond acceptors (Lipinski definition) is 3. The summed E-state index contributed by atoms with van der Waals surface area (Å²) in [5, 5.41) is 9.44. The van der Waals surface area contributed by atoms with Crippen molar-refractivity contribution < 1.29 is 14.7 Å². The second-order valence-corrected chi connectivity index (χ2v) is 5.93. The highest BCUT2D eigenvalue weighted by Gasteiger charge is 2.40. The zero-order valence-electron chi connectivity index (χ0n) is 12.5. The van der Waals surface area contributed by atoms with Crippen molar-refractivity contribution in [3.63, 3.8) is 0 Å². The number of carbonyl (C=O) groups excluding carboxylic acids is 1. The van der Waals surface area contributed by atoms with Crippen molar-refractivity contribution in [2.45, 2.75) is 51.2 Å². The maximum absolute atomic E-state index is 12.7. The van der Waals surface area contributed by atoms with Crippen LogP contribution >= 0.6 is 0 Å². The molecule has 0 fully saturated rings. The van der Waals surface area contributed by atoms with E-state index < -0.39 is 17.6 Å². The SMILES string of the molecule is CCCC(C)(N)C(=O)N1Cc2ccccc2C[C@H]1C(=O)O. The number of amides is 1. The molecule has 0 bridgehead atoms. The maximum atomic E-state index is 12.7. The quantitative estimate of drug-likeness (QED) is 0.881. The zero-order chi connectivity index (χ0) is 15.6. The van der Waals surface area contributed by atoms with Crippen molar-refractivity contribution in [2.75, 3.05) is 0 Å². The fourth-order valence-corrected chi connectivity index (χ4v) is 2.91. The summed E-state index contributed by atoms with van der Waals surface area (Å²) in [7, 11) is 0. The first kappa shape index (κ1) is 15.5. The normalized spacial score (nSPS) is 20.5. The Morgan fingerprint density at radius 3 is 2.57 bits per heavy atom. The first-order chi connectivity index (χ1) is 9.86. The number of carboxylic acids is 1. The first-order valence-electron chi connectivity index (χ1n) is 7.26. The van der Waals surface area contributed by atoms with Gasteiger partial charge in [-0.3, -0.25) is 4.79 Å². The molecule has 0 spiro atoms. The molecular formula is C16H22N2O3. The Morgan fingerprint density at radius 2 is 2.00 bits per heavy atom. The van der Waals surface area contributed by atoms with Gasteiger partial charge < -0.3 is 15.7 Å². The maximum Gasteiger partial charge on any atom is 0.326 e. The van der Waals surface area contributed by atoms with Crippen molar-refractivity contribution >= 4 is 11.9 Å². The molecule has 0 radical (unpaired) electrons. The van der Waals surface area contributed by atoms with E-state index in [1.54, 1.807) is 6.92 Å². The average molecular weight is 290 g/mol. The molecule has 0 aromatic heterocycles. The lowest BCUT2D eigenvalue weighted by molar-refractivity contribution is -0.153. The van der Waals surface area contributed by atoms with Gasteiger partial charge in [0.15, 0.2) is 0 Å². The van der Waals surface area contributed by atoms with Gasteiger partial charge in [0.05, 0.1) is 5.54 Å². The van der Waals surface area contributed by atoms with Gasteiger partial charge >= 0.3 is 5.97 Å². The number of rotatable bonds is 4. The second kappa shape index (κ2) is 5.85. The summed E-state index contributed by atoms with van der Waals surface area (Å²) in [5.41, 5.74) is 7.07. The molecule has 1 unspecified atom stereocenters. The van der Waals surface area contributed by atoms with E-state index in [9.17, 15) is 14.7 Å². The third-order valence-electron chi connectivity index (χ3n) is 4.05. The summed E-state index contributed by atoms with van der Waals surface area (Å²) in [6.07, 6.45) is 1.65. The van der Waals surface area contributed by atoms with Gasteiger partial charge in [-0.25, -0.2) is 4.79 Å². The molecular weight excluding hydrogens is 268 g/mol. The van der Waals surface area contributed by atoms with Crippen LogP contribution in [0.1, 0.15) is 37.8 Å². The zero-order valence-corrected chi connectivity index (χ0v) is 12.5. The fraction of sp³-hybridized carbons (Fsp3) is 0.500. The number of benzene rings is 1. The van der Waals surface area contributed by atoms with Crippen molar-refractivity contribution in [3.8, 4) is 0 Å². The number of carboxylic acid groups (broad SMARTS) is 1. The van der Waals surface area contributed by atoms with Gasteiger partial charge in [-0.1, -0.05) is 37.6 Å². The summed E-state index contributed by atoms with van der Waals surface area (Å²) in [6, 6.07) is 6.80. The largest absolute Gasteiger partial charge is 0.480 e. The van der Waals surface area contributed by atoms with Gasteiger partial charge in [0.2, 0.25) is 5.91 Å². The fourth-order valence-electron chi connectivity index (χ4n) is 2.91. The minimum atomic E-state index is -1.02. The minimum Gasteiger partial charge on any atom is -0.480 e. The molecule has 5 nitrogen and oxygen atoms in total. The van der Waals surface area contributed by atoms with E-state index in [-0.39, 0.29) is 5.91 Å². The average Bonchev–Trinajstić information content (AvgIpc) is 2.44. The predicted octanol–water partition coefficient (Wildman–Crippen LogP) is 1.54. The van der Waals surface area contributed by atoms with Crippen LogP contribution in [0.25, 0.3) is 0 Å². The Balaban J connectivity index is 2.33. The Kier molecular flexibility index (Phi) is 4.32. The Labute approximate surface area is 124 Å². The smallest absolute Gasteiger partial charge is 0.326 e. The molecule has 21 heavy (non-hydrogen) atoms. The number of nitrogens with two attached hydrogens (primary N) is 1. The Morgan fingerprint density at radius 1 is 1.38 bits per heavy atom. The molecule has 1 aromatic rings. The number of aliphatic carboxylic acids is 1. The number of carbonyl (C=O) groups is 2. The third kappa shape index (κ3) is 3.08. The monoisotopic (exact) mass is 290 g/mol. The van der Waals surface area contributed by atoms with Crippen LogP contribution < -0.4 is 5.73 Å². The van der Waals surface area contributed by atoms with Gasteiger partial charge in [-0.15, -0.1) is 0 Å². The van der Waals surface area contributed by atoms with Crippen LogP contribution in [0.2, 0.25) is 0 Å². The molecule has 2 atom stereocenters. The van der Waals surface area contributed by atoms with Gasteiger partial charge in [0.25, 0.3) is 0 Å². The van der Waals surface area contributed by atoms with E-state index in [0.29, 0.717) is 19.4 Å². The van der Waals surface area contributed by atoms with Crippen molar-refractivity contribution in [3.05, 3.63) is 35.4 Å². The molecule has 1 amide bonds. The van der Waals surface area contributed by atoms with Gasteiger partial charge in [0.1, 0.15) is 6.04 Å². The predicted molar refractivity (Wildman–Crippen MR) is 79.6 cm³/mol. The summed E-state index contributed by atoms with van der Waals surface area (Å²) in [6.45, 7) is 3.94. The molecule has 1 aromatic carbocycles. The van der Waals surface area contributed by atoms with Crippen LogP contribution in [-0.2, 0) is 22.6 Å². The number of nitrogens with zero attached hydrogens (tertiary/aromatic N) is 1. The molecule has 0 aliphatic carbocycles. The lowest BCUT2D eigenvalue weighted by atomic mass is 9.89. The molecule has 2 rings (SSSR count). The molecule has 0 saturated heterocycles. The van der Waals surface area contributed by atoms with E-state index >= 15 is 0 Å². The molecule has 1 aliphatic rings. The standard InChI is InChI=1S/C16H22N2O3/c1-3-8-16(2,17)15(21)18-10-12-7-5-4-6-11(12)9-13(18)14(19)20/h4-7,13H,3,8-10,17H2,1-2H3,(H,19,20)/t13-,16?/m0/s1. The van der Waals surface area contributed by atoms with E-state index in [4.69, 9.17) is 5.73 Å². The summed E-state index contributed by atoms with van der Waals surface area (Å²) >= 11 is 0.